The molecule has 32 heavy (non-hydrogen) atoms. The summed E-state index contributed by atoms with van der Waals surface area (Å²) in [5, 5.41) is 2.87. The molecule has 1 amide bonds. The Hall–Kier alpha value is -3.00. The maximum atomic E-state index is 12.8. The van der Waals surface area contributed by atoms with Gasteiger partial charge < -0.3 is 5.32 Å². The molecule has 0 atom stereocenters. The van der Waals surface area contributed by atoms with E-state index in [0.29, 0.717) is 5.69 Å². The van der Waals surface area contributed by atoms with Crippen molar-refractivity contribution in [2.24, 2.45) is 0 Å². The van der Waals surface area contributed by atoms with Crippen LogP contribution in [0.3, 0.4) is 0 Å². The molecular weight excluding hydrogens is 422 g/mol. The van der Waals surface area contributed by atoms with Gasteiger partial charge in [-0.05, 0) is 54.5 Å². The van der Waals surface area contributed by atoms with Crippen molar-refractivity contribution in [2.45, 2.75) is 31.8 Å². The standard InChI is InChI=1S/C25H29N3O3S/c1-3-28(4-2)19-21-12-8-14-23(16-21)27-25(29)22-13-9-15-24(17-22)32(30,31)26-18-20-10-6-5-7-11-20/h5-17,26H,3-4,18-19H2,1-2H3,(H,27,29). The lowest BCUT2D eigenvalue weighted by molar-refractivity contribution is 0.102. The van der Waals surface area contributed by atoms with E-state index in [2.05, 4.69) is 28.8 Å². The predicted octanol–water partition coefficient (Wildman–Crippen LogP) is 4.26. The summed E-state index contributed by atoms with van der Waals surface area (Å²) in [6.07, 6.45) is 0. The van der Waals surface area contributed by atoms with E-state index < -0.39 is 10.0 Å². The highest BCUT2D eigenvalue weighted by atomic mass is 32.2. The number of anilines is 1. The average molecular weight is 452 g/mol. The first-order valence-corrected chi connectivity index (χ1v) is 12.2. The number of nitrogens with zero attached hydrogens (tertiary/aromatic N) is 1. The summed E-state index contributed by atoms with van der Waals surface area (Å²) < 4.78 is 28.0. The van der Waals surface area contributed by atoms with Crippen molar-refractivity contribution in [1.82, 2.24) is 9.62 Å². The highest BCUT2D eigenvalue weighted by Gasteiger charge is 2.16. The monoisotopic (exact) mass is 451 g/mol. The Morgan fingerprint density at radius 2 is 1.53 bits per heavy atom. The van der Waals surface area contributed by atoms with Crippen LogP contribution in [0.1, 0.15) is 35.3 Å². The van der Waals surface area contributed by atoms with Crippen molar-refractivity contribution in [3.8, 4) is 0 Å². The molecule has 0 spiro atoms. The van der Waals surface area contributed by atoms with E-state index in [0.717, 1.165) is 30.8 Å². The third-order valence-electron chi connectivity index (χ3n) is 5.20. The molecular formula is C25H29N3O3S. The van der Waals surface area contributed by atoms with Gasteiger partial charge in [0, 0.05) is 24.3 Å². The zero-order valence-corrected chi connectivity index (χ0v) is 19.2. The Morgan fingerprint density at radius 1 is 0.844 bits per heavy atom. The molecule has 0 aliphatic heterocycles. The van der Waals surface area contributed by atoms with Gasteiger partial charge in [0.1, 0.15) is 0 Å². The topological polar surface area (TPSA) is 78.5 Å². The molecule has 7 heteroatoms. The van der Waals surface area contributed by atoms with Gasteiger partial charge in [-0.25, -0.2) is 13.1 Å². The van der Waals surface area contributed by atoms with Crippen LogP contribution in [-0.4, -0.2) is 32.3 Å². The van der Waals surface area contributed by atoms with Crippen molar-refractivity contribution in [1.29, 1.82) is 0 Å². The number of sulfonamides is 1. The lowest BCUT2D eigenvalue weighted by atomic mass is 10.1. The molecule has 3 aromatic carbocycles. The fourth-order valence-electron chi connectivity index (χ4n) is 3.32. The quantitative estimate of drug-likeness (QED) is 0.483. The van der Waals surface area contributed by atoms with Crippen molar-refractivity contribution in [2.75, 3.05) is 18.4 Å². The number of nitrogens with one attached hydrogen (secondary N) is 2. The summed E-state index contributed by atoms with van der Waals surface area (Å²) in [5.41, 5.74) is 2.92. The fraction of sp³-hybridized carbons (Fsp3) is 0.240. The SMILES string of the molecule is CCN(CC)Cc1cccc(NC(=O)c2cccc(S(=O)(=O)NCc3ccccc3)c2)c1. The first kappa shape index (κ1) is 23.7. The summed E-state index contributed by atoms with van der Waals surface area (Å²) in [4.78, 5) is 15.1. The van der Waals surface area contributed by atoms with Crippen LogP contribution < -0.4 is 10.0 Å². The minimum Gasteiger partial charge on any atom is -0.322 e. The first-order chi connectivity index (χ1) is 15.4. The van der Waals surface area contributed by atoms with Crippen LogP contribution in [0.2, 0.25) is 0 Å². The number of hydrogen-bond acceptors (Lipinski definition) is 4. The average Bonchev–Trinajstić information content (AvgIpc) is 2.82. The number of carbonyl (C=O) groups is 1. The van der Waals surface area contributed by atoms with Crippen LogP contribution >= 0.6 is 0 Å². The predicted molar refractivity (Wildman–Crippen MR) is 128 cm³/mol. The highest BCUT2D eigenvalue weighted by Crippen LogP contribution is 2.17. The Labute approximate surface area is 190 Å². The van der Waals surface area contributed by atoms with Gasteiger partial charge in [-0.2, -0.15) is 0 Å². The molecule has 3 aromatic rings. The highest BCUT2D eigenvalue weighted by molar-refractivity contribution is 7.89. The van der Waals surface area contributed by atoms with Gasteiger partial charge in [0.25, 0.3) is 5.91 Å². The van der Waals surface area contributed by atoms with Crippen molar-refractivity contribution >= 4 is 21.6 Å². The van der Waals surface area contributed by atoms with E-state index in [4.69, 9.17) is 0 Å². The van der Waals surface area contributed by atoms with E-state index >= 15 is 0 Å². The largest absolute Gasteiger partial charge is 0.322 e. The Morgan fingerprint density at radius 3 is 2.25 bits per heavy atom. The van der Waals surface area contributed by atoms with E-state index in [1.54, 1.807) is 12.1 Å². The smallest absolute Gasteiger partial charge is 0.255 e. The van der Waals surface area contributed by atoms with Gasteiger partial charge in [0.15, 0.2) is 0 Å². The molecule has 3 rings (SSSR count). The summed E-state index contributed by atoms with van der Waals surface area (Å²) in [6, 6.07) is 23.0. The van der Waals surface area contributed by atoms with Crippen LogP contribution in [0.15, 0.2) is 83.8 Å². The number of rotatable bonds is 10. The Kier molecular flexibility index (Phi) is 8.16. The molecule has 2 N–H and O–H groups in total. The van der Waals surface area contributed by atoms with Gasteiger partial charge in [-0.15, -0.1) is 0 Å². The summed E-state index contributed by atoms with van der Waals surface area (Å²) in [7, 11) is -3.75. The number of carbonyl (C=O) groups excluding carboxylic acids is 1. The third kappa shape index (κ3) is 6.50. The molecule has 0 aliphatic rings. The van der Waals surface area contributed by atoms with Crippen molar-refractivity contribution < 1.29 is 13.2 Å². The minimum absolute atomic E-state index is 0.0522. The lowest BCUT2D eigenvalue weighted by Crippen LogP contribution is -2.23. The van der Waals surface area contributed by atoms with E-state index in [1.165, 1.54) is 12.1 Å². The van der Waals surface area contributed by atoms with Crippen LogP contribution in [0.5, 0.6) is 0 Å². The molecule has 0 radical (unpaired) electrons. The number of amides is 1. The zero-order valence-electron chi connectivity index (χ0n) is 18.4. The number of hydrogen-bond donors (Lipinski definition) is 2. The number of benzene rings is 3. The lowest BCUT2D eigenvalue weighted by Gasteiger charge is -2.18. The van der Waals surface area contributed by atoms with Crippen LogP contribution in [0.4, 0.5) is 5.69 Å². The fourth-order valence-corrected chi connectivity index (χ4v) is 4.38. The molecule has 0 fully saturated rings. The van der Waals surface area contributed by atoms with Gasteiger partial charge in [0.2, 0.25) is 10.0 Å². The van der Waals surface area contributed by atoms with E-state index in [1.807, 2.05) is 54.6 Å². The molecule has 0 heterocycles. The van der Waals surface area contributed by atoms with Crippen LogP contribution in [0, 0.1) is 0 Å². The van der Waals surface area contributed by atoms with E-state index in [-0.39, 0.29) is 22.9 Å². The molecule has 0 aromatic heterocycles. The van der Waals surface area contributed by atoms with Crippen LogP contribution in [-0.2, 0) is 23.1 Å². The third-order valence-corrected chi connectivity index (χ3v) is 6.60. The maximum absolute atomic E-state index is 12.8. The van der Waals surface area contributed by atoms with Crippen molar-refractivity contribution in [3.63, 3.8) is 0 Å². The Bertz CT molecular complexity index is 1140. The normalized spacial score (nSPS) is 11.5. The molecule has 0 bridgehead atoms. The van der Waals surface area contributed by atoms with Crippen LogP contribution in [0.25, 0.3) is 0 Å². The molecule has 0 saturated carbocycles. The molecule has 0 unspecified atom stereocenters. The second-order valence-electron chi connectivity index (χ2n) is 7.45. The van der Waals surface area contributed by atoms with Gasteiger partial charge in [0.05, 0.1) is 4.90 Å². The summed E-state index contributed by atoms with van der Waals surface area (Å²) in [5.74, 6) is -0.356. The van der Waals surface area contributed by atoms with Gasteiger partial charge in [-0.3, -0.25) is 9.69 Å². The van der Waals surface area contributed by atoms with E-state index in [9.17, 15) is 13.2 Å². The Balaban J connectivity index is 1.70. The van der Waals surface area contributed by atoms with Gasteiger partial charge in [-0.1, -0.05) is 62.4 Å². The second kappa shape index (κ2) is 11.0. The second-order valence-corrected chi connectivity index (χ2v) is 9.22. The summed E-state index contributed by atoms with van der Waals surface area (Å²) in [6.45, 7) is 7.12. The van der Waals surface area contributed by atoms with Gasteiger partial charge >= 0.3 is 0 Å². The molecule has 0 saturated heterocycles. The molecule has 168 valence electrons. The molecule has 0 aliphatic carbocycles. The minimum atomic E-state index is -3.75. The van der Waals surface area contributed by atoms with Crippen molar-refractivity contribution in [3.05, 3.63) is 95.6 Å². The molecule has 6 nitrogen and oxygen atoms in total. The summed E-state index contributed by atoms with van der Waals surface area (Å²) >= 11 is 0. The first-order valence-electron chi connectivity index (χ1n) is 10.7. The zero-order chi connectivity index (χ0) is 23.0. The maximum Gasteiger partial charge on any atom is 0.255 e.